The summed E-state index contributed by atoms with van der Waals surface area (Å²) in [5, 5.41) is 8.88. The summed E-state index contributed by atoms with van der Waals surface area (Å²) in [6.45, 7) is 3.16. The number of aromatic nitrogens is 1. The fourth-order valence-corrected chi connectivity index (χ4v) is 1.22. The van der Waals surface area contributed by atoms with Gasteiger partial charge in [0.1, 0.15) is 11.9 Å². The van der Waals surface area contributed by atoms with E-state index in [9.17, 15) is 0 Å². The Kier molecular flexibility index (Phi) is 3.43. The molecule has 1 heterocycles. The van der Waals surface area contributed by atoms with Crippen molar-refractivity contribution >= 4 is 5.82 Å². The van der Waals surface area contributed by atoms with E-state index >= 15 is 0 Å². The Morgan fingerprint density at radius 1 is 1.57 bits per heavy atom. The Balaban J connectivity index is 3.05. The first-order chi connectivity index (χ1) is 6.69. The molecule has 0 fully saturated rings. The number of rotatable bonds is 3. The first-order valence-electron chi connectivity index (χ1n) is 4.48. The zero-order chi connectivity index (χ0) is 10.6. The zero-order valence-electron chi connectivity index (χ0n) is 8.49. The van der Waals surface area contributed by atoms with E-state index in [1.54, 1.807) is 6.07 Å². The van der Waals surface area contributed by atoms with E-state index in [1.807, 2.05) is 24.9 Å². The second-order valence-corrected chi connectivity index (χ2v) is 3.15. The predicted molar refractivity (Wildman–Crippen MR) is 56.0 cm³/mol. The van der Waals surface area contributed by atoms with E-state index in [0.29, 0.717) is 24.5 Å². The molecule has 0 spiro atoms. The summed E-state index contributed by atoms with van der Waals surface area (Å²) in [4.78, 5) is 6.20. The van der Waals surface area contributed by atoms with Gasteiger partial charge in [-0.2, -0.15) is 5.26 Å². The Labute approximate surface area is 84.0 Å². The van der Waals surface area contributed by atoms with Gasteiger partial charge >= 0.3 is 0 Å². The van der Waals surface area contributed by atoms with Gasteiger partial charge in [0.25, 0.3) is 0 Å². The maximum absolute atomic E-state index is 8.88. The molecule has 0 saturated carbocycles. The van der Waals surface area contributed by atoms with Gasteiger partial charge < -0.3 is 10.6 Å². The maximum Gasteiger partial charge on any atom is 0.146 e. The first kappa shape index (κ1) is 10.5. The zero-order valence-corrected chi connectivity index (χ0v) is 8.49. The number of anilines is 1. The highest BCUT2D eigenvalue weighted by Gasteiger charge is 2.07. The Bertz CT molecular complexity index is 354. The van der Waals surface area contributed by atoms with Gasteiger partial charge in [-0.25, -0.2) is 4.98 Å². The molecule has 14 heavy (non-hydrogen) atoms. The van der Waals surface area contributed by atoms with Crippen LogP contribution in [-0.2, 0) is 0 Å². The molecule has 2 N–H and O–H groups in total. The van der Waals surface area contributed by atoms with Crippen molar-refractivity contribution in [3.05, 3.63) is 23.4 Å². The van der Waals surface area contributed by atoms with E-state index in [1.165, 1.54) is 0 Å². The van der Waals surface area contributed by atoms with Crippen LogP contribution in [0.2, 0.25) is 0 Å². The standard InChI is InChI=1S/C10H14N4/c1-8-3-4-9(7-12)10(13-8)14(2)6-5-11/h3-4H,5-6,11H2,1-2H3. The topological polar surface area (TPSA) is 65.9 Å². The van der Waals surface area contributed by atoms with Crippen molar-refractivity contribution in [2.75, 3.05) is 25.0 Å². The minimum absolute atomic E-state index is 0.553. The summed E-state index contributed by atoms with van der Waals surface area (Å²) in [5.74, 6) is 0.706. The molecule has 4 nitrogen and oxygen atoms in total. The van der Waals surface area contributed by atoms with Gasteiger partial charge in [0.05, 0.1) is 5.56 Å². The van der Waals surface area contributed by atoms with Gasteiger partial charge in [-0.15, -0.1) is 0 Å². The van der Waals surface area contributed by atoms with Crippen LogP contribution in [0.15, 0.2) is 12.1 Å². The van der Waals surface area contributed by atoms with E-state index in [0.717, 1.165) is 5.69 Å². The summed E-state index contributed by atoms with van der Waals surface area (Å²) in [5.41, 5.74) is 6.94. The second-order valence-electron chi connectivity index (χ2n) is 3.15. The second kappa shape index (κ2) is 4.58. The molecule has 0 aliphatic rings. The highest BCUT2D eigenvalue weighted by Crippen LogP contribution is 2.15. The number of hydrogen-bond acceptors (Lipinski definition) is 4. The smallest absolute Gasteiger partial charge is 0.146 e. The molecule has 0 atom stereocenters. The van der Waals surface area contributed by atoms with Gasteiger partial charge in [0.15, 0.2) is 0 Å². The SMILES string of the molecule is Cc1ccc(C#N)c(N(C)CCN)n1. The van der Waals surface area contributed by atoms with Gasteiger partial charge in [-0.1, -0.05) is 0 Å². The first-order valence-corrected chi connectivity index (χ1v) is 4.48. The maximum atomic E-state index is 8.88. The summed E-state index contributed by atoms with van der Waals surface area (Å²) in [6, 6.07) is 5.73. The molecule has 4 heteroatoms. The minimum atomic E-state index is 0.553. The van der Waals surface area contributed by atoms with Crippen LogP contribution in [0.25, 0.3) is 0 Å². The molecule has 1 aromatic rings. The number of likely N-dealkylation sites (N-methyl/N-ethyl adjacent to an activating group) is 1. The van der Waals surface area contributed by atoms with Crippen LogP contribution in [0.5, 0.6) is 0 Å². The fraction of sp³-hybridized carbons (Fsp3) is 0.400. The predicted octanol–water partition coefficient (Wildman–Crippen LogP) is 0.657. The lowest BCUT2D eigenvalue weighted by atomic mass is 10.2. The molecule has 0 saturated heterocycles. The molecule has 0 aromatic carbocycles. The number of nitrogens with two attached hydrogens (primary N) is 1. The van der Waals surface area contributed by atoms with Gasteiger partial charge in [-0.05, 0) is 19.1 Å². The summed E-state index contributed by atoms with van der Waals surface area (Å²) < 4.78 is 0. The molecule has 0 radical (unpaired) electrons. The van der Waals surface area contributed by atoms with E-state index < -0.39 is 0 Å². The van der Waals surface area contributed by atoms with Crippen LogP contribution in [-0.4, -0.2) is 25.1 Å². The minimum Gasteiger partial charge on any atom is -0.357 e. The molecule has 0 bridgehead atoms. The van der Waals surface area contributed by atoms with E-state index in [2.05, 4.69) is 11.1 Å². The number of aryl methyl sites for hydroxylation is 1. The highest BCUT2D eigenvalue weighted by molar-refractivity contribution is 5.53. The normalized spacial score (nSPS) is 9.57. The number of nitriles is 1. The van der Waals surface area contributed by atoms with Crippen molar-refractivity contribution < 1.29 is 0 Å². The molecule has 0 aliphatic heterocycles. The van der Waals surface area contributed by atoms with E-state index in [4.69, 9.17) is 11.0 Å². The third-order valence-corrected chi connectivity index (χ3v) is 1.96. The number of nitrogens with zero attached hydrogens (tertiary/aromatic N) is 3. The summed E-state index contributed by atoms with van der Waals surface area (Å²) in [6.07, 6.45) is 0. The van der Waals surface area contributed by atoms with Gasteiger partial charge in [0.2, 0.25) is 0 Å². The molecule has 1 aromatic heterocycles. The average molecular weight is 190 g/mol. The van der Waals surface area contributed by atoms with Crippen molar-refractivity contribution in [2.24, 2.45) is 5.73 Å². The Morgan fingerprint density at radius 2 is 2.29 bits per heavy atom. The van der Waals surface area contributed by atoms with Crippen LogP contribution in [0.1, 0.15) is 11.3 Å². The largest absolute Gasteiger partial charge is 0.357 e. The molecule has 74 valence electrons. The van der Waals surface area contributed by atoms with Crippen molar-refractivity contribution in [3.63, 3.8) is 0 Å². The molecule has 0 aliphatic carbocycles. The van der Waals surface area contributed by atoms with Crippen LogP contribution in [0.3, 0.4) is 0 Å². The fourth-order valence-electron chi connectivity index (χ4n) is 1.22. The highest BCUT2D eigenvalue weighted by atomic mass is 15.2. The summed E-state index contributed by atoms with van der Waals surface area (Å²) in [7, 11) is 1.88. The third-order valence-electron chi connectivity index (χ3n) is 1.96. The third kappa shape index (κ3) is 2.21. The molecular weight excluding hydrogens is 176 g/mol. The Hall–Kier alpha value is -1.60. The Morgan fingerprint density at radius 3 is 2.86 bits per heavy atom. The van der Waals surface area contributed by atoms with Crippen molar-refractivity contribution in [1.82, 2.24) is 4.98 Å². The lowest BCUT2D eigenvalue weighted by molar-refractivity contribution is 0.863. The molecule has 0 unspecified atom stereocenters. The van der Waals surface area contributed by atoms with E-state index in [-0.39, 0.29) is 0 Å². The molecular formula is C10H14N4. The van der Waals surface area contributed by atoms with Gasteiger partial charge in [0, 0.05) is 25.8 Å². The quantitative estimate of drug-likeness (QED) is 0.760. The van der Waals surface area contributed by atoms with Gasteiger partial charge in [-0.3, -0.25) is 0 Å². The summed E-state index contributed by atoms with van der Waals surface area (Å²) >= 11 is 0. The van der Waals surface area contributed by atoms with Crippen molar-refractivity contribution in [2.45, 2.75) is 6.92 Å². The average Bonchev–Trinajstić information content (AvgIpc) is 2.18. The van der Waals surface area contributed by atoms with Crippen molar-refractivity contribution in [3.8, 4) is 6.07 Å². The van der Waals surface area contributed by atoms with Crippen LogP contribution >= 0.6 is 0 Å². The van der Waals surface area contributed by atoms with Crippen LogP contribution in [0, 0.1) is 18.3 Å². The van der Waals surface area contributed by atoms with Crippen LogP contribution in [0.4, 0.5) is 5.82 Å². The number of hydrogen-bond donors (Lipinski definition) is 1. The van der Waals surface area contributed by atoms with Crippen LogP contribution < -0.4 is 10.6 Å². The molecule has 0 amide bonds. The lowest BCUT2D eigenvalue weighted by Gasteiger charge is -2.18. The number of pyridine rings is 1. The monoisotopic (exact) mass is 190 g/mol. The lowest BCUT2D eigenvalue weighted by Crippen LogP contribution is -2.26. The molecule has 1 rings (SSSR count). The van der Waals surface area contributed by atoms with Crippen molar-refractivity contribution in [1.29, 1.82) is 5.26 Å².